The molecule has 1 amide bonds. The Hall–Kier alpha value is -1.91. The van der Waals surface area contributed by atoms with Gasteiger partial charge in [-0.05, 0) is 18.4 Å². The lowest BCUT2D eigenvalue weighted by molar-refractivity contribution is -0.530. The van der Waals surface area contributed by atoms with E-state index < -0.39 is 12.0 Å². The lowest BCUT2D eigenvalue weighted by Gasteiger charge is -2.13. The van der Waals surface area contributed by atoms with Crippen molar-refractivity contribution in [2.75, 3.05) is 0 Å². The van der Waals surface area contributed by atoms with E-state index in [0.29, 0.717) is 12.8 Å². The first-order chi connectivity index (χ1) is 8.63. The Bertz CT molecular complexity index is 447. The quantitative estimate of drug-likeness (QED) is 0.646. The van der Waals surface area contributed by atoms with Crippen LogP contribution in [-0.2, 0) is 11.2 Å². The van der Waals surface area contributed by atoms with Crippen molar-refractivity contribution in [2.24, 2.45) is 5.92 Å². The zero-order chi connectivity index (χ0) is 13.1. The van der Waals surface area contributed by atoms with Crippen LogP contribution < -0.4 is 5.32 Å². The SMILES string of the molecule is CCC1NC(=O)C(Cc2ccccc2)C1[N+](=O)[O-]. The molecule has 3 atom stereocenters. The van der Waals surface area contributed by atoms with Crippen molar-refractivity contribution in [3.05, 3.63) is 46.0 Å². The summed E-state index contributed by atoms with van der Waals surface area (Å²) in [6.45, 7) is 1.85. The summed E-state index contributed by atoms with van der Waals surface area (Å²) in [5.74, 6) is -0.764. The van der Waals surface area contributed by atoms with Crippen LogP contribution in [0.1, 0.15) is 18.9 Å². The van der Waals surface area contributed by atoms with Crippen molar-refractivity contribution in [2.45, 2.75) is 31.8 Å². The first-order valence-electron chi connectivity index (χ1n) is 6.11. The monoisotopic (exact) mass is 248 g/mol. The maximum Gasteiger partial charge on any atom is 0.244 e. The van der Waals surface area contributed by atoms with Crippen molar-refractivity contribution in [3.8, 4) is 0 Å². The average molecular weight is 248 g/mol. The van der Waals surface area contributed by atoms with E-state index in [-0.39, 0.29) is 16.9 Å². The highest BCUT2D eigenvalue weighted by molar-refractivity contribution is 5.82. The van der Waals surface area contributed by atoms with Gasteiger partial charge in [-0.2, -0.15) is 0 Å². The minimum absolute atomic E-state index is 0.201. The number of nitrogens with one attached hydrogen (secondary N) is 1. The molecule has 1 N–H and O–H groups in total. The Morgan fingerprint density at radius 1 is 1.33 bits per heavy atom. The van der Waals surface area contributed by atoms with Crippen molar-refractivity contribution < 1.29 is 9.72 Å². The predicted molar refractivity (Wildman–Crippen MR) is 66.6 cm³/mol. The second-order valence-corrected chi connectivity index (χ2v) is 4.60. The summed E-state index contributed by atoms with van der Waals surface area (Å²) in [5, 5.41) is 13.9. The first-order valence-corrected chi connectivity index (χ1v) is 6.11. The molecule has 18 heavy (non-hydrogen) atoms. The summed E-state index contributed by atoms with van der Waals surface area (Å²) in [6.07, 6.45) is 1.01. The van der Waals surface area contributed by atoms with Crippen LogP contribution in [0.3, 0.4) is 0 Å². The van der Waals surface area contributed by atoms with Gasteiger partial charge >= 0.3 is 0 Å². The molecule has 2 rings (SSSR count). The summed E-state index contributed by atoms with van der Waals surface area (Å²) in [4.78, 5) is 22.7. The van der Waals surface area contributed by atoms with Gasteiger partial charge in [0.25, 0.3) is 0 Å². The fraction of sp³-hybridized carbons (Fsp3) is 0.462. The minimum atomic E-state index is -0.817. The Kier molecular flexibility index (Phi) is 3.60. The fourth-order valence-electron chi connectivity index (χ4n) is 2.53. The number of carbonyl (C=O) groups is 1. The van der Waals surface area contributed by atoms with E-state index in [2.05, 4.69) is 5.32 Å². The number of nitro groups is 1. The Morgan fingerprint density at radius 2 is 2.00 bits per heavy atom. The molecule has 0 spiro atoms. The van der Waals surface area contributed by atoms with Crippen molar-refractivity contribution in [1.29, 1.82) is 0 Å². The number of hydrogen-bond donors (Lipinski definition) is 1. The van der Waals surface area contributed by atoms with Gasteiger partial charge in [0.2, 0.25) is 11.9 Å². The van der Waals surface area contributed by atoms with Gasteiger partial charge in [0.15, 0.2) is 0 Å². The second-order valence-electron chi connectivity index (χ2n) is 4.60. The molecule has 1 heterocycles. The Balaban J connectivity index is 2.19. The Morgan fingerprint density at radius 3 is 2.56 bits per heavy atom. The van der Waals surface area contributed by atoms with Crippen LogP contribution in [0.15, 0.2) is 30.3 Å². The number of hydrogen-bond acceptors (Lipinski definition) is 3. The van der Waals surface area contributed by atoms with Crippen LogP contribution in [0, 0.1) is 16.0 Å². The number of benzene rings is 1. The molecule has 5 nitrogen and oxygen atoms in total. The molecule has 1 aliphatic rings. The topological polar surface area (TPSA) is 72.2 Å². The zero-order valence-electron chi connectivity index (χ0n) is 10.2. The number of nitrogens with zero attached hydrogens (tertiary/aromatic N) is 1. The van der Waals surface area contributed by atoms with Gasteiger partial charge in [-0.3, -0.25) is 14.9 Å². The summed E-state index contributed by atoms with van der Waals surface area (Å²) >= 11 is 0. The molecule has 5 heteroatoms. The highest BCUT2D eigenvalue weighted by atomic mass is 16.6. The first kappa shape index (κ1) is 12.5. The molecule has 1 fully saturated rings. The van der Waals surface area contributed by atoms with Crippen LogP contribution in [0.2, 0.25) is 0 Å². The van der Waals surface area contributed by atoms with Gasteiger partial charge in [-0.1, -0.05) is 37.3 Å². The highest BCUT2D eigenvalue weighted by Crippen LogP contribution is 2.25. The van der Waals surface area contributed by atoms with Gasteiger partial charge in [-0.25, -0.2) is 0 Å². The number of carbonyl (C=O) groups excluding carboxylic acids is 1. The lowest BCUT2D eigenvalue weighted by Crippen LogP contribution is -2.37. The second kappa shape index (κ2) is 5.16. The Labute approximate surface area is 105 Å². The molecule has 1 aromatic carbocycles. The van der Waals surface area contributed by atoms with E-state index in [0.717, 1.165) is 5.56 Å². The van der Waals surface area contributed by atoms with Crippen LogP contribution in [0.25, 0.3) is 0 Å². The summed E-state index contributed by atoms with van der Waals surface area (Å²) in [6, 6.07) is 8.26. The van der Waals surface area contributed by atoms with E-state index in [9.17, 15) is 14.9 Å². The van der Waals surface area contributed by atoms with Gasteiger partial charge in [0, 0.05) is 4.92 Å². The molecule has 1 aromatic rings. The summed E-state index contributed by atoms with van der Waals surface area (Å²) in [5.41, 5.74) is 0.959. The average Bonchev–Trinajstić information content (AvgIpc) is 2.67. The fourth-order valence-corrected chi connectivity index (χ4v) is 2.53. The highest BCUT2D eigenvalue weighted by Gasteiger charge is 2.49. The van der Waals surface area contributed by atoms with E-state index in [4.69, 9.17) is 0 Å². The predicted octanol–water partition coefficient (Wildman–Crippen LogP) is 1.40. The van der Waals surface area contributed by atoms with Crippen LogP contribution in [-0.4, -0.2) is 22.9 Å². The normalized spacial score (nSPS) is 26.9. The molecular weight excluding hydrogens is 232 g/mol. The van der Waals surface area contributed by atoms with Crippen molar-refractivity contribution in [1.82, 2.24) is 5.32 Å². The van der Waals surface area contributed by atoms with E-state index >= 15 is 0 Å². The molecule has 0 aromatic heterocycles. The lowest BCUT2D eigenvalue weighted by atomic mass is 9.91. The molecule has 0 radical (unpaired) electrons. The van der Waals surface area contributed by atoms with Crippen LogP contribution in [0.4, 0.5) is 0 Å². The molecule has 0 saturated carbocycles. The zero-order valence-corrected chi connectivity index (χ0v) is 10.2. The van der Waals surface area contributed by atoms with Crippen LogP contribution in [0.5, 0.6) is 0 Å². The maximum absolute atomic E-state index is 11.8. The molecule has 1 saturated heterocycles. The minimum Gasteiger partial charge on any atom is -0.346 e. The van der Waals surface area contributed by atoms with Gasteiger partial charge < -0.3 is 5.32 Å². The van der Waals surface area contributed by atoms with E-state index in [1.54, 1.807) is 0 Å². The van der Waals surface area contributed by atoms with E-state index in [1.807, 2.05) is 37.3 Å². The van der Waals surface area contributed by atoms with Crippen LogP contribution >= 0.6 is 0 Å². The standard InChI is InChI=1S/C13H16N2O3/c1-2-11-12(15(17)18)10(13(16)14-11)8-9-6-4-3-5-7-9/h3-7,10-12H,2,8H2,1H3,(H,14,16). The number of amides is 1. The molecular formula is C13H16N2O3. The molecule has 0 bridgehead atoms. The number of rotatable bonds is 4. The summed E-state index contributed by atoms with van der Waals surface area (Å²) in [7, 11) is 0. The summed E-state index contributed by atoms with van der Waals surface area (Å²) < 4.78 is 0. The molecule has 3 unspecified atom stereocenters. The maximum atomic E-state index is 11.8. The molecule has 1 aliphatic heterocycles. The van der Waals surface area contributed by atoms with Gasteiger partial charge in [0.05, 0.1) is 6.04 Å². The third kappa shape index (κ3) is 2.34. The van der Waals surface area contributed by atoms with Crippen molar-refractivity contribution in [3.63, 3.8) is 0 Å². The third-order valence-electron chi connectivity index (χ3n) is 3.47. The largest absolute Gasteiger partial charge is 0.346 e. The van der Waals surface area contributed by atoms with E-state index in [1.165, 1.54) is 0 Å². The molecule has 0 aliphatic carbocycles. The van der Waals surface area contributed by atoms with Crippen molar-refractivity contribution >= 4 is 5.91 Å². The third-order valence-corrected chi connectivity index (χ3v) is 3.47. The molecule has 96 valence electrons. The van der Waals surface area contributed by atoms with Gasteiger partial charge in [-0.15, -0.1) is 0 Å². The smallest absolute Gasteiger partial charge is 0.244 e. The van der Waals surface area contributed by atoms with Gasteiger partial charge in [0.1, 0.15) is 5.92 Å².